The molecule has 1 N–H and O–H groups in total. The maximum atomic E-state index is 12.2. The zero-order valence-corrected chi connectivity index (χ0v) is 12.6. The molecule has 1 aliphatic rings. The number of rotatable bonds is 6. The molecule has 0 bridgehead atoms. The van der Waals surface area contributed by atoms with Gasteiger partial charge in [-0.2, -0.15) is 0 Å². The van der Waals surface area contributed by atoms with Crippen LogP contribution in [0.4, 0.5) is 5.69 Å². The summed E-state index contributed by atoms with van der Waals surface area (Å²) in [7, 11) is -3.08. The van der Waals surface area contributed by atoms with Crippen molar-refractivity contribution in [2.45, 2.75) is 19.4 Å². The van der Waals surface area contributed by atoms with Gasteiger partial charge in [0.1, 0.15) is 0 Å². The maximum Gasteiger partial charge on any atom is 0.251 e. The molecule has 21 heavy (non-hydrogen) atoms. The molecule has 6 nitrogen and oxygen atoms in total. The van der Waals surface area contributed by atoms with E-state index >= 15 is 0 Å². The Morgan fingerprint density at radius 2 is 1.90 bits per heavy atom. The summed E-state index contributed by atoms with van der Waals surface area (Å²) >= 11 is 0. The van der Waals surface area contributed by atoms with Gasteiger partial charge in [-0.05, 0) is 12.1 Å². The Bertz CT molecular complexity index is 628. The number of para-hydroxylation sites is 1. The highest BCUT2D eigenvalue weighted by atomic mass is 32.2. The van der Waals surface area contributed by atoms with E-state index in [1.54, 1.807) is 37.3 Å². The Labute approximate surface area is 124 Å². The lowest BCUT2D eigenvalue weighted by Crippen LogP contribution is -2.40. The zero-order valence-electron chi connectivity index (χ0n) is 11.8. The van der Waals surface area contributed by atoms with Crippen LogP contribution >= 0.6 is 0 Å². The van der Waals surface area contributed by atoms with Crippen LogP contribution in [0, 0.1) is 0 Å². The molecule has 0 saturated carbocycles. The van der Waals surface area contributed by atoms with Crippen LogP contribution in [-0.2, 0) is 19.4 Å². The van der Waals surface area contributed by atoms with Gasteiger partial charge in [0.25, 0.3) is 5.91 Å². The Hall–Kier alpha value is -1.73. The Morgan fingerprint density at radius 1 is 1.24 bits per heavy atom. The van der Waals surface area contributed by atoms with E-state index < -0.39 is 15.9 Å². The number of nitrogens with zero attached hydrogens (tertiary/aromatic N) is 1. The second-order valence-electron chi connectivity index (χ2n) is 4.85. The highest BCUT2D eigenvalue weighted by Crippen LogP contribution is 2.22. The van der Waals surface area contributed by atoms with E-state index in [1.807, 2.05) is 0 Å². The van der Waals surface area contributed by atoms with Gasteiger partial charge in [0.05, 0.1) is 23.9 Å². The molecule has 1 saturated heterocycles. The lowest BCUT2D eigenvalue weighted by molar-refractivity contribution is -0.121. The maximum absolute atomic E-state index is 12.2. The molecule has 2 rings (SSSR count). The minimum atomic E-state index is -3.08. The number of carbonyl (C=O) groups is 2. The fourth-order valence-corrected chi connectivity index (χ4v) is 2.89. The molecule has 1 atom stereocenters. The van der Waals surface area contributed by atoms with Gasteiger partial charge in [0.15, 0.2) is 9.84 Å². The molecule has 1 fully saturated rings. The van der Waals surface area contributed by atoms with Gasteiger partial charge in [-0.1, -0.05) is 25.1 Å². The highest BCUT2D eigenvalue weighted by Gasteiger charge is 2.39. The fourth-order valence-electron chi connectivity index (χ4n) is 2.17. The number of carbonyl (C=O) groups excluding carboxylic acids is 2. The second-order valence-corrected chi connectivity index (χ2v) is 7.32. The average molecular weight is 310 g/mol. The number of hydrogen-bond acceptors (Lipinski definition) is 5. The van der Waals surface area contributed by atoms with Crippen molar-refractivity contribution in [3.63, 3.8) is 0 Å². The largest absolute Gasteiger partial charge is 0.304 e. The van der Waals surface area contributed by atoms with Crippen molar-refractivity contribution in [3.05, 3.63) is 30.3 Å². The minimum absolute atomic E-state index is 0.0349. The summed E-state index contributed by atoms with van der Waals surface area (Å²) in [4.78, 5) is 25.3. The summed E-state index contributed by atoms with van der Waals surface area (Å²) < 4.78 is 22.8. The molecule has 2 amide bonds. The fraction of sp³-hybridized carbons (Fsp3) is 0.429. The van der Waals surface area contributed by atoms with Gasteiger partial charge in [-0.15, -0.1) is 0 Å². The highest BCUT2D eigenvalue weighted by molar-refractivity contribution is 7.91. The molecule has 1 heterocycles. The van der Waals surface area contributed by atoms with Crippen LogP contribution in [0.3, 0.4) is 0 Å². The van der Waals surface area contributed by atoms with E-state index in [-0.39, 0.29) is 36.3 Å². The zero-order chi connectivity index (χ0) is 15.5. The summed E-state index contributed by atoms with van der Waals surface area (Å²) in [5.74, 6) is -0.572. The van der Waals surface area contributed by atoms with Gasteiger partial charge in [-0.3, -0.25) is 9.59 Å². The van der Waals surface area contributed by atoms with Crippen molar-refractivity contribution in [1.29, 1.82) is 0 Å². The van der Waals surface area contributed by atoms with Crippen LogP contribution in [-0.4, -0.2) is 44.3 Å². The summed E-state index contributed by atoms with van der Waals surface area (Å²) in [5, 5.41) is 2.86. The summed E-state index contributed by atoms with van der Waals surface area (Å²) in [5.41, 5.74) is 0.540. The van der Waals surface area contributed by atoms with Gasteiger partial charge in [0, 0.05) is 12.3 Å². The Balaban J connectivity index is 1.99. The summed E-state index contributed by atoms with van der Waals surface area (Å²) in [6.07, 6.45) is 0.0555. The molecule has 0 aromatic heterocycles. The average Bonchev–Trinajstić information content (AvgIpc) is 2.74. The first-order valence-corrected chi connectivity index (χ1v) is 8.62. The van der Waals surface area contributed by atoms with Crippen molar-refractivity contribution < 1.29 is 18.0 Å². The van der Waals surface area contributed by atoms with Gasteiger partial charge in [0.2, 0.25) is 5.91 Å². The predicted molar refractivity (Wildman–Crippen MR) is 79.7 cm³/mol. The first kappa shape index (κ1) is 15.7. The number of anilines is 1. The van der Waals surface area contributed by atoms with E-state index in [9.17, 15) is 18.0 Å². The third-order valence-corrected chi connectivity index (χ3v) is 5.11. The molecule has 1 aromatic carbocycles. The van der Waals surface area contributed by atoms with E-state index in [1.165, 1.54) is 0 Å². The van der Waals surface area contributed by atoms with Crippen molar-refractivity contribution in [3.8, 4) is 0 Å². The first-order chi connectivity index (χ1) is 9.94. The van der Waals surface area contributed by atoms with Crippen molar-refractivity contribution in [2.75, 3.05) is 23.0 Å². The molecule has 0 radical (unpaired) electrons. The molecular weight excluding hydrogens is 292 g/mol. The van der Waals surface area contributed by atoms with Gasteiger partial charge in [-0.25, -0.2) is 13.3 Å². The second kappa shape index (κ2) is 6.36. The van der Waals surface area contributed by atoms with Gasteiger partial charge >= 0.3 is 0 Å². The standard InChI is InChI=1S/C14H18N2O4S/c1-2-21(19,20)9-8-15-12-10-13(17)16(14(12)18)11-6-4-3-5-7-11/h3-7,12,15H,2,8-10H2,1H3. The third kappa shape index (κ3) is 3.68. The predicted octanol–water partition coefficient (Wildman–Crippen LogP) is 0.343. The summed E-state index contributed by atoms with van der Waals surface area (Å²) in [6, 6.07) is 8.05. The number of sulfone groups is 1. The number of imide groups is 1. The van der Waals surface area contributed by atoms with E-state index in [2.05, 4.69) is 5.32 Å². The van der Waals surface area contributed by atoms with Crippen LogP contribution in [0.25, 0.3) is 0 Å². The number of hydrogen-bond donors (Lipinski definition) is 1. The molecular formula is C14H18N2O4S. The van der Waals surface area contributed by atoms with Crippen molar-refractivity contribution in [2.24, 2.45) is 0 Å². The van der Waals surface area contributed by atoms with Crippen LogP contribution in [0.2, 0.25) is 0 Å². The number of benzene rings is 1. The lowest BCUT2D eigenvalue weighted by Gasteiger charge is -2.15. The Morgan fingerprint density at radius 3 is 2.52 bits per heavy atom. The monoisotopic (exact) mass is 310 g/mol. The lowest BCUT2D eigenvalue weighted by atomic mass is 10.2. The van der Waals surface area contributed by atoms with E-state index in [4.69, 9.17) is 0 Å². The minimum Gasteiger partial charge on any atom is -0.304 e. The number of amides is 2. The molecule has 114 valence electrons. The molecule has 0 spiro atoms. The normalized spacial score (nSPS) is 19.3. The molecule has 1 unspecified atom stereocenters. The Kier molecular flexibility index (Phi) is 4.74. The van der Waals surface area contributed by atoms with Crippen LogP contribution < -0.4 is 10.2 Å². The van der Waals surface area contributed by atoms with Crippen molar-refractivity contribution >= 4 is 27.3 Å². The summed E-state index contributed by atoms with van der Waals surface area (Å²) in [6.45, 7) is 1.75. The molecule has 0 aliphatic carbocycles. The number of nitrogens with one attached hydrogen (secondary N) is 1. The third-order valence-electron chi connectivity index (χ3n) is 3.40. The molecule has 1 aromatic rings. The van der Waals surface area contributed by atoms with Crippen LogP contribution in [0.1, 0.15) is 13.3 Å². The van der Waals surface area contributed by atoms with Crippen LogP contribution in [0.15, 0.2) is 30.3 Å². The van der Waals surface area contributed by atoms with Crippen LogP contribution in [0.5, 0.6) is 0 Å². The first-order valence-electron chi connectivity index (χ1n) is 6.80. The van der Waals surface area contributed by atoms with Crippen molar-refractivity contribution in [1.82, 2.24) is 5.32 Å². The van der Waals surface area contributed by atoms with E-state index in [0.29, 0.717) is 5.69 Å². The smallest absolute Gasteiger partial charge is 0.251 e. The SMILES string of the molecule is CCS(=O)(=O)CCNC1CC(=O)N(c2ccccc2)C1=O. The molecule has 7 heteroatoms. The molecule has 1 aliphatic heterocycles. The van der Waals surface area contributed by atoms with E-state index in [0.717, 1.165) is 4.90 Å². The quantitative estimate of drug-likeness (QED) is 0.766. The van der Waals surface area contributed by atoms with Gasteiger partial charge < -0.3 is 5.32 Å². The topological polar surface area (TPSA) is 83.6 Å².